The first-order valence-electron chi connectivity index (χ1n) is 6.41. The van der Waals surface area contributed by atoms with Crippen LogP contribution in [0.4, 0.5) is 0 Å². The molecule has 1 unspecified atom stereocenters. The maximum Gasteiger partial charge on any atom is 0.0900 e. The SMILES string of the molecule is Cc1nc(C)c(C(C)NCCCNC(C)C)s1. The molecule has 1 atom stereocenters. The van der Waals surface area contributed by atoms with Gasteiger partial charge in [-0.25, -0.2) is 4.98 Å². The predicted octanol–water partition coefficient (Wildman–Crippen LogP) is 2.80. The van der Waals surface area contributed by atoms with Gasteiger partial charge in [-0.15, -0.1) is 11.3 Å². The minimum Gasteiger partial charge on any atom is -0.314 e. The summed E-state index contributed by atoms with van der Waals surface area (Å²) in [4.78, 5) is 5.84. The van der Waals surface area contributed by atoms with Crippen LogP contribution in [0.3, 0.4) is 0 Å². The molecule has 1 aromatic rings. The molecule has 1 heterocycles. The molecule has 0 aliphatic carbocycles. The molecule has 3 nitrogen and oxygen atoms in total. The third-order valence-electron chi connectivity index (χ3n) is 2.69. The molecule has 0 radical (unpaired) electrons. The lowest BCUT2D eigenvalue weighted by Crippen LogP contribution is -2.27. The van der Waals surface area contributed by atoms with Gasteiger partial charge < -0.3 is 10.6 Å². The minimum absolute atomic E-state index is 0.417. The van der Waals surface area contributed by atoms with Gasteiger partial charge in [-0.3, -0.25) is 0 Å². The molecule has 0 spiro atoms. The van der Waals surface area contributed by atoms with E-state index in [0.29, 0.717) is 12.1 Å². The maximum absolute atomic E-state index is 4.47. The normalized spacial score (nSPS) is 13.3. The number of thiazole rings is 1. The molecular weight excluding hydrogens is 230 g/mol. The third kappa shape index (κ3) is 5.15. The summed E-state index contributed by atoms with van der Waals surface area (Å²) in [7, 11) is 0. The summed E-state index contributed by atoms with van der Waals surface area (Å²) in [6, 6.07) is 0.999. The van der Waals surface area contributed by atoms with Gasteiger partial charge in [0.05, 0.1) is 10.7 Å². The Morgan fingerprint density at radius 2 is 1.76 bits per heavy atom. The van der Waals surface area contributed by atoms with Crippen LogP contribution >= 0.6 is 11.3 Å². The van der Waals surface area contributed by atoms with Crippen molar-refractivity contribution < 1.29 is 0 Å². The molecule has 0 aliphatic rings. The lowest BCUT2D eigenvalue weighted by Gasteiger charge is -2.13. The van der Waals surface area contributed by atoms with Gasteiger partial charge in [-0.1, -0.05) is 13.8 Å². The van der Waals surface area contributed by atoms with Crippen LogP contribution in [0.5, 0.6) is 0 Å². The standard InChI is InChI=1S/C13H25N3S/c1-9(2)14-7-6-8-15-10(3)13-11(4)16-12(5)17-13/h9-10,14-15H,6-8H2,1-5H3. The quantitative estimate of drug-likeness (QED) is 0.736. The van der Waals surface area contributed by atoms with Crippen molar-refractivity contribution in [1.82, 2.24) is 15.6 Å². The topological polar surface area (TPSA) is 37.0 Å². The summed E-state index contributed by atoms with van der Waals surface area (Å²) in [5.41, 5.74) is 1.17. The highest BCUT2D eigenvalue weighted by atomic mass is 32.1. The first-order chi connectivity index (χ1) is 8.00. The lowest BCUT2D eigenvalue weighted by atomic mass is 10.2. The van der Waals surface area contributed by atoms with Crippen LogP contribution in [0.25, 0.3) is 0 Å². The average Bonchev–Trinajstić information content (AvgIpc) is 2.56. The molecule has 98 valence electrons. The zero-order valence-electron chi connectivity index (χ0n) is 11.6. The van der Waals surface area contributed by atoms with Gasteiger partial charge in [-0.05, 0) is 40.3 Å². The van der Waals surface area contributed by atoms with Crippen LogP contribution in [0.1, 0.15) is 48.8 Å². The van der Waals surface area contributed by atoms with Gasteiger partial charge in [0.2, 0.25) is 0 Å². The minimum atomic E-state index is 0.417. The van der Waals surface area contributed by atoms with E-state index in [-0.39, 0.29) is 0 Å². The molecule has 0 saturated carbocycles. The molecule has 0 aromatic carbocycles. The van der Waals surface area contributed by atoms with Crippen molar-refractivity contribution in [2.45, 2.75) is 53.1 Å². The molecule has 4 heteroatoms. The van der Waals surface area contributed by atoms with E-state index in [0.717, 1.165) is 18.1 Å². The molecule has 17 heavy (non-hydrogen) atoms. The highest BCUT2D eigenvalue weighted by molar-refractivity contribution is 7.11. The third-order valence-corrected chi connectivity index (χ3v) is 3.94. The Bertz CT molecular complexity index is 333. The largest absolute Gasteiger partial charge is 0.314 e. The molecule has 0 fully saturated rings. The molecule has 0 amide bonds. The van der Waals surface area contributed by atoms with E-state index in [4.69, 9.17) is 0 Å². The summed E-state index contributed by atoms with van der Waals surface area (Å²) in [6.45, 7) is 12.9. The van der Waals surface area contributed by atoms with Crippen molar-refractivity contribution in [2.24, 2.45) is 0 Å². The number of hydrogen-bond acceptors (Lipinski definition) is 4. The monoisotopic (exact) mass is 255 g/mol. The molecule has 2 N–H and O–H groups in total. The van der Waals surface area contributed by atoms with E-state index in [1.165, 1.54) is 17.0 Å². The van der Waals surface area contributed by atoms with Crippen LogP contribution in [-0.2, 0) is 0 Å². The van der Waals surface area contributed by atoms with Gasteiger partial charge in [-0.2, -0.15) is 0 Å². The highest BCUT2D eigenvalue weighted by Gasteiger charge is 2.11. The van der Waals surface area contributed by atoms with Crippen LogP contribution in [0.15, 0.2) is 0 Å². The fourth-order valence-electron chi connectivity index (χ4n) is 1.84. The Morgan fingerprint density at radius 1 is 1.12 bits per heavy atom. The number of rotatable bonds is 7. The van der Waals surface area contributed by atoms with Crippen LogP contribution in [-0.4, -0.2) is 24.1 Å². The van der Waals surface area contributed by atoms with Crippen LogP contribution in [0.2, 0.25) is 0 Å². The van der Waals surface area contributed by atoms with Gasteiger partial charge in [0, 0.05) is 17.0 Å². The summed E-state index contributed by atoms with van der Waals surface area (Å²) >= 11 is 1.80. The molecule has 1 rings (SSSR count). The van der Waals surface area contributed by atoms with E-state index in [1.807, 2.05) is 0 Å². The first kappa shape index (κ1) is 14.6. The van der Waals surface area contributed by atoms with E-state index in [9.17, 15) is 0 Å². The van der Waals surface area contributed by atoms with Crippen molar-refractivity contribution in [3.63, 3.8) is 0 Å². The molecule has 0 aliphatic heterocycles. The van der Waals surface area contributed by atoms with Crippen LogP contribution in [0, 0.1) is 13.8 Å². The Hall–Kier alpha value is -0.450. The summed E-state index contributed by atoms with van der Waals surface area (Å²) in [5, 5.41) is 8.14. The second kappa shape index (κ2) is 7.09. The van der Waals surface area contributed by atoms with Gasteiger partial charge in [0.1, 0.15) is 0 Å². The molecular formula is C13H25N3S. The van der Waals surface area contributed by atoms with Gasteiger partial charge in [0.25, 0.3) is 0 Å². The molecule has 0 bridgehead atoms. The van der Waals surface area contributed by atoms with Crippen molar-refractivity contribution in [2.75, 3.05) is 13.1 Å². The smallest absolute Gasteiger partial charge is 0.0900 e. The zero-order chi connectivity index (χ0) is 12.8. The predicted molar refractivity (Wildman–Crippen MR) is 75.8 cm³/mol. The number of aromatic nitrogens is 1. The number of aryl methyl sites for hydroxylation is 2. The first-order valence-corrected chi connectivity index (χ1v) is 7.23. The van der Waals surface area contributed by atoms with Crippen molar-refractivity contribution >= 4 is 11.3 Å². The summed E-state index contributed by atoms with van der Waals surface area (Å²) < 4.78 is 0. The highest BCUT2D eigenvalue weighted by Crippen LogP contribution is 2.24. The zero-order valence-corrected chi connectivity index (χ0v) is 12.4. The maximum atomic E-state index is 4.47. The number of nitrogens with zero attached hydrogens (tertiary/aromatic N) is 1. The lowest BCUT2D eigenvalue weighted by molar-refractivity contribution is 0.518. The average molecular weight is 255 g/mol. The van der Waals surface area contributed by atoms with Crippen molar-refractivity contribution in [3.05, 3.63) is 15.6 Å². The Morgan fingerprint density at radius 3 is 2.29 bits per heavy atom. The van der Waals surface area contributed by atoms with Crippen LogP contribution < -0.4 is 10.6 Å². The fraction of sp³-hybridized carbons (Fsp3) is 0.769. The van der Waals surface area contributed by atoms with Crippen molar-refractivity contribution in [3.8, 4) is 0 Å². The van der Waals surface area contributed by atoms with Gasteiger partial charge in [0.15, 0.2) is 0 Å². The summed E-state index contributed by atoms with van der Waals surface area (Å²) in [5.74, 6) is 0. The Balaban J connectivity index is 2.25. The number of nitrogens with one attached hydrogen (secondary N) is 2. The van der Waals surface area contributed by atoms with E-state index < -0.39 is 0 Å². The number of hydrogen-bond donors (Lipinski definition) is 2. The van der Waals surface area contributed by atoms with E-state index >= 15 is 0 Å². The van der Waals surface area contributed by atoms with E-state index in [1.54, 1.807) is 11.3 Å². The van der Waals surface area contributed by atoms with Crippen molar-refractivity contribution in [1.29, 1.82) is 0 Å². The Labute approximate surface area is 109 Å². The van der Waals surface area contributed by atoms with Gasteiger partial charge >= 0.3 is 0 Å². The second-order valence-corrected chi connectivity index (χ2v) is 6.06. The second-order valence-electron chi connectivity index (χ2n) is 4.82. The van der Waals surface area contributed by atoms with E-state index in [2.05, 4.69) is 50.2 Å². The Kier molecular flexibility index (Phi) is 6.09. The summed E-state index contributed by atoms with van der Waals surface area (Å²) in [6.07, 6.45) is 1.17. The fourth-order valence-corrected chi connectivity index (χ4v) is 2.79. The molecule has 0 saturated heterocycles. The molecule has 1 aromatic heterocycles.